The Balaban J connectivity index is 1.94. The Hall–Kier alpha value is -0.950. The average molecular weight is 341 g/mol. The van der Waals surface area contributed by atoms with Gasteiger partial charge in [0.1, 0.15) is 11.5 Å². The van der Waals surface area contributed by atoms with Crippen molar-refractivity contribution in [2.45, 2.75) is 12.8 Å². The Bertz CT molecular complexity index is 431. The van der Waals surface area contributed by atoms with Gasteiger partial charge in [0.2, 0.25) is 0 Å². The van der Waals surface area contributed by atoms with Gasteiger partial charge in [-0.3, -0.25) is 0 Å². The summed E-state index contributed by atoms with van der Waals surface area (Å²) in [5.41, 5.74) is 0. The lowest BCUT2D eigenvalue weighted by Gasteiger charge is -2.13. The smallest absolute Gasteiger partial charge is 0.493 e. The van der Waals surface area contributed by atoms with Crippen LogP contribution in [0.4, 0.5) is 13.2 Å². The minimum atomic E-state index is -4.70. The number of rotatable bonds is 4. The lowest BCUT2D eigenvalue weighted by Crippen LogP contribution is -2.17. The third-order valence-electron chi connectivity index (χ3n) is 2.64. The molecule has 1 saturated heterocycles. The maximum Gasteiger partial charge on any atom is 0.573 e. The van der Waals surface area contributed by atoms with Gasteiger partial charge in [-0.05, 0) is 40.5 Å². The van der Waals surface area contributed by atoms with E-state index >= 15 is 0 Å². The van der Waals surface area contributed by atoms with Gasteiger partial charge < -0.3 is 14.2 Å². The molecule has 2 rings (SSSR count). The molecule has 0 aliphatic carbocycles. The third-order valence-corrected chi connectivity index (χ3v) is 3.26. The van der Waals surface area contributed by atoms with E-state index in [1.54, 1.807) is 0 Å². The predicted molar refractivity (Wildman–Crippen MR) is 65.2 cm³/mol. The molecule has 7 heteroatoms. The van der Waals surface area contributed by atoms with Crippen LogP contribution in [0.15, 0.2) is 22.7 Å². The molecule has 1 aliphatic heterocycles. The highest BCUT2D eigenvalue weighted by molar-refractivity contribution is 9.10. The fraction of sp³-hybridized carbons (Fsp3) is 0.500. The fourth-order valence-corrected chi connectivity index (χ4v) is 2.15. The number of halogens is 4. The highest BCUT2D eigenvalue weighted by Gasteiger charge is 2.32. The first kappa shape index (κ1) is 14.5. The Morgan fingerprint density at radius 2 is 2.16 bits per heavy atom. The van der Waals surface area contributed by atoms with Crippen LogP contribution in [0.2, 0.25) is 0 Å². The molecule has 1 atom stereocenters. The van der Waals surface area contributed by atoms with Gasteiger partial charge in [-0.25, -0.2) is 0 Å². The number of hydrogen-bond acceptors (Lipinski definition) is 3. The molecule has 1 aromatic carbocycles. The van der Waals surface area contributed by atoms with E-state index in [0.717, 1.165) is 13.0 Å². The maximum absolute atomic E-state index is 12.1. The second-order valence-corrected chi connectivity index (χ2v) is 5.03. The Labute approximate surface area is 116 Å². The van der Waals surface area contributed by atoms with Crippen molar-refractivity contribution in [3.05, 3.63) is 22.7 Å². The number of alkyl halides is 3. The average Bonchev–Trinajstić information content (AvgIpc) is 2.81. The van der Waals surface area contributed by atoms with Gasteiger partial charge in [-0.15, -0.1) is 13.2 Å². The van der Waals surface area contributed by atoms with E-state index in [2.05, 4.69) is 20.7 Å². The molecule has 1 fully saturated rings. The van der Waals surface area contributed by atoms with E-state index in [9.17, 15) is 13.2 Å². The molecule has 106 valence electrons. The van der Waals surface area contributed by atoms with Gasteiger partial charge in [0, 0.05) is 12.5 Å². The maximum atomic E-state index is 12.1. The minimum absolute atomic E-state index is 0.199. The zero-order valence-corrected chi connectivity index (χ0v) is 11.5. The van der Waals surface area contributed by atoms with Crippen molar-refractivity contribution < 1.29 is 27.4 Å². The number of benzene rings is 1. The van der Waals surface area contributed by atoms with Crippen LogP contribution >= 0.6 is 15.9 Å². The van der Waals surface area contributed by atoms with Gasteiger partial charge in [0.15, 0.2) is 0 Å². The molecule has 0 bridgehead atoms. The van der Waals surface area contributed by atoms with Gasteiger partial charge >= 0.3 is 6.36 Å². The predicted octanol–water partition coefficient (Wildman–Crippen LogP) is 3.76. The molecule has 0 amide bonds. The van der Waals surface area contributed by atoms with Crippen molar-refractivity contribution in [1.29, 1.82) is 0 Å². The zero-order valence-electron chi connectivity index (χ0n) is 9.87. The molecule has 1 heterocycles. The fourth-order valence-electron chi connectivity index (χ4n) is 1.71. The van der Waals surface area contributed by atoms with Crippen molar-refractivity contribution in [2.24, 2.45) is 5.92 Å². The topological polar surface area (TPSA) is 27.7 Å². The van der Waals surface area contributed by atoms with Crippen LogP contribution in [0.1, 0.15) is 6.42 Å². The second-order valence-electron chi connectivity index (χ2n) is 4.18. The van der Waals surface area contributed by atoms with E-state index in [0.29, 0.717) is 24.9 Å². The number of hydrogen-bond donors (Lipinski definition) is 0. The van der Waals surface area contributed by atoms with Crippen LogP contribution in [-0.2, 0) is 4.74 Å². The molecule has 0 spiro atoms. The van der Waals surface area contributed by atoms with E-state index in [1.807, 2.05) is 0 Å². The van der Waals surface area contributed by atoms with Gasteiger partial charge in [-0.2, -0.15) is 0 Å². The van der Waals surface area contributed by atoms with Crippen LogP contribution in [-0.4, -0.2) is 26.2 Å². The highest BCUT2D eigenvalue weighted by Crippen LogP contribution is 2.33. The van der Waals surface area contributed by atoms with Crippen LogP contribution in [0.5, 0.6) is 11.5 Å². The zero-order chi connectivity index (χ0) is 13.9. The first-order valence-corrected chi connectivity index (χ1v) is 6.49. The lowest BCUT2D eigenvalue weighted by atomic mass is 10.1. The lowest BCUT2D eigenvalue weighted by molar-refractivity contribution is -0.274. The largest absolute Gasteiger partial charge is 0.573 e. The first-order chi connectivity index (χ1) is 8.94. The van der Waals surface area contributed by atoms with Crippen LogP contribution in [0.25, 0.3) is 0 Å². The molecule has 0 N–H and O–H groups in total. The summed E-state index contributed by atoms with van der Waals surface area (Å²) < 4.78 is 51.0. The van der Waals surface area contributed by atoms with Crippen molar-refractivity contribution in [1.82, 2.24) is 0 Å². The Kier molecular flexibility index (Phi) is 4.57. The molecule has 0 saturated carbocycles. The van der Waals surface area contributed by atoms with Crippen molar-refractivity contribution >= 4 is 15.9 Å². The molecular formula is C12H12BrF3O3. The van der Waals surface area contributed by atoms with Crippen LogP contribution in [0, 0.1) is 5.92 Å². The second kappa shape index (κ2) is 6.00. The normalized spacial score (nSPS) is 19.5. The van der Waals surface area contributed by atoms with Crippen molar-refractivity contribution in [3.8, 4) is 11.5 Å². The van der Waals surface area contributed by atoms with E-state index in [1.165, 1.54) is 18.2 Å². The highest BCUT2D eigenvalue weighted by atomic mass is 79.9. The van der Waals surface area contributed by atoms with Crippen LogP contribution < -0.4 is 9.47 Å². The molecule has 1 aliphatic rings. The summed E-state index contributed by atoms with van der Waals surface area (Å²) >= 11 is 3.02. The van der Waals surface area contributed by atoms with E-state index in [-0.39, 0.29) is 10.2 Å². The standard InChI is InChI=1S/C12H12BrF3O3/c13-10-5-9(18-7-8-3-4-17-6-8)1-2-11(10)19-12(14,15)16/h1-2,5,8H,3-4,6-7H2. The van der Waals surface area contributed by atoms with Gasteiger partial charge in [-0.1, -0.05) is 0 Å². The van der Waals surface area contributed by atoms with Gasteiger partial charge in [0.05, 0.1) is 17.7 Å². The SMILES string of the molecule is FC(F)(F)Oc1ccc(OCC2CCOC2)cc1Br. The summed E-state index contributed by atoms with van der Waals surface area (Å²) in [7, 11) is 0. The molecule has 1 aromatic rings. The molecule has 19 heavy (non-hydrogen) atoms. The van der Waals surface area contributed by atoms with Gasteiger partial charge in [0.25, 0.3) is 0 Å². The minimum Gasteiger partial charge on any atom is -0.493 e. The van der Waals surface area contributed by atoms with Crippen molar-refractivity contribution in [2.75, 3.05) is 19.8 Å². The van der Waals surface area contributed by atoms with Crippen LogP contribution in [0.3, 0.4) is 0 Å². The summed E-state index contributed by atoms with van der Waals surface area (Å²) in [5.74, 6) is 0.544. The molecule has 1 unspecified atom stereocenters. The monoisotopic (exact) mass is 340 g/mol. The first-order valence-electron chi connectivity index (χ1n) is 5.70. The summed E-state index contributed by atoms with van der Waals surface area (Å²) in [6.07, 6.45) is -3.76. The summed E-state index contributed by atoms with van der Waals surface area (Å²) in [4.78, 5) is 0. The quantitative estimate of drug-likeness (QED) is 0.835. The summed E-state index contributed by atoms with van der Waals surface area (Å²) in [6.45, 7) is 1.89. The number of ether oxygens (including phenoxy) is 3. The molecule has 3 nitrogen and oxygen atoms in total. The van der Waals surface area contributed by atoms with E-state index < -0.39 is 6.36 Å². The van der Waals surface area contributed by atoms with E-state index in [4.69, 9.17) is 9.47 Å². The Morgan fingerprint density at radius 3 is 2.74 bits per heavy atom. The molecule has 0 aromatic heterocycles. The third kappa shape index (κ3) is 4.58. The summed E-state index contributed by atoms with van der Waals surface area (Å²) in [5, 5.41) is 0. The Morgan fingerprint density at radius 1 is 1.37 bits per heavy atom. The molecule has 0 radical (unpaired) electrons. The van der Waals surface area contributed by atoms with Crippen molar-refractivity contribution in [3.63, 3.8) is 0 Å². The summed E-state index contributed by atoms with van der Waals surface area (Å²) in [6, 6.07) is 4.12. The molecular weight excluding hydrogens is 329 g/mol.